The van der Waals surface area contributed by atoms with Gasteiger partial charge < -0.3 is 14.8 Å². The van der Waals surface area contributed by atoms with E-state index in [1.165, 1.54) is 6.08 Å². The Morgan fingerprint density at radius 2 is 1.77 bits per heavy atom. The van der Waals surface area contributed by atoms with Gasteiger partial charge in [-0.25, -0.2) is 0 Å². The highest BCUT2D eigenvalue weighted by molar-refractivity contribution is 6.34. The molecule has 0 bridgehead atoms. The number of anilines is 1. The van der Waals surface area contributed by atoms with E-state index in [0.717, 1.165) is 5.56 Å². The van der Waals surface area contributed by atoms with E-state index in [-0.39, 0.29) is 5.91 Å². The number of amides is 1. The summed E-state index contributed by atoms with van der Waals surface area (Å²) in [7, 11) is 0. The van der Waals surface area contributed by atoms with Crippen LogP contribution in [0.5, 0.6) is 11.5 Å². The Labute approximate surface area is 133 Å². The van der Waals surface area contributed by atoms with E-state index in [2.05, 4.69) is 5.32 Å². The lowest BCUT2D eigenvalue weighted by Gasteiger charge is -2.19. The summed E-state index contributed by atoms with van der Waals surface area (Å²) in [6, 6.07) is 12.9. The van der Waals surface area contributed by atoms with Crippen LogP contribution in [0, 0.1) is 0 Å². The highest BCUT2D eigenvalue weighted by atomic mass is 35.5. The van der Waals surface area contributed by atoms with Crippen molar-refractivity contribution in [1.82, 2.24) is 0 Å². The molecule has 0 atom stereocenters. The van der Waals surface area contributed by atoms with Crippen molar-refractivity contribution in [2.24, 2.45) is 0 Å². The van der Waals surface area contributed by atoms with Crippen molar-refractivity contribution in [3.05, 3.63) is 59.1 Å². The van der Waals surface area contributed by atoms with Crippen LogP contribution in [-0.2, 0) is 4.79 Å². The van der Waals surface area contributed by atoms with Crippen molar-refractivity contribution in [3.8, 4) is 11.5 Å². The first-order valence-corrected chi connectivity index (χ1v) is 7.23. The zero-order valence-electron chi connectivity index (χ0n) is 11.7. The summed E-state index contributed by atoms with van der Waals surface area (Å²) in [5, 5.41) is 3.15. The van der Waals surface area contributed by atoms with E-state index in [0.29, 0.717) is 35.4 Å². The van der Waals surface area contributed by atoms with Gasteiger partial charge >= 0.3 is 0 Å². The molecule has 1 N–H and O–H groups in total. The minimum absolute atomic E-state index is 0.262. The average molecular weight is 316 g/mol. The van der Waals surface area contributed by atoms with Gasteiger partial charge in [0.1, 0.15) is 13.2 Å². The quantitative estimate of drug-likeness (QED) is 0.877. The Hall–Kier alpha value is -2.46. The van der Waals surface area contributed by atoms with Crippen molar-refractivity contribution < 1.29 is 14.3 Å². The average Bonchev–Trinajstić information content (AvgIpc) is 2.55. The Morgan fingerprint density at radius 1 is 1.09 bits per heavy atom. The standard InChI is InChI=1S/C17H14ClNO3/c18-13-10-15-16(22-9-8-21-15)11-14(13)19-17(20)7-6-12-4-2-1-3-5-12/h1-7,10-11H,8-9H2,(H,19,20)/b7-6+. The molecule has 2 aromatic carbocycles. The van der Waals surface area contributed by atoms with Gasteiger partial charge in [-0.2, -0.15) is 0 Å². The van der Waals surface area contributed by atoms with Crippen molar-refractivity contribution in [2.45, 2.75) is 0 Å². The number of rotatable bonds is 3. The first kappa shape index (κ1) is 14.5. The second-order valence-electron chi connectivity index (χ2n) is 4.71. The molecule has 1 heterocycles. The smallest absolute Gasteiger partial charge is 0.248 e. The minimum Gasteiger partial charge on any atom is -0.486 e. The number of ether oxygens (including phenoxy) is 2. The third kappa shape index (κ3) is 3.40. The second-order valence-corrected chi connectivity index (χ2v) is 5.12. The third-order valence-corrected chi connectivity index (χ3v) is 3.43. The van der Waals surface area contributed by atoms with Gasteiger partial charge in [-0.15, -0.1) is 0 Å². The molecule has 4 nitrogen and oxygen atoms in total. The molecule has 1 aliphatic rings. The molecule has 0 saturated carbocycles. The van der Waals surface area contributed by atoms with E-state index in [9.17, 15) is 4.79 Å². The summed E-state index contributed by atoms with van der Waals surface area (Å²) in [4.78, 5) is 12.0. The SMILES string of the molecule is O=C(/C=C/c1ccccc1)Nc1cc2c(cc1Cl)OCCO2. The molecule has 0 aliphatic carbocycles. The van der Waals surface area contributed by atoms with Gasteiger partial charge in [-0.1, -0.05) is 41.9 Å². The van der Waals surface area contributed by atoms with Crippen LogP contribution < -0.4 is 14.8 Å². The fourth-order valence-electron chi connectivity index (χ4n) is 2.07. The summed E-state index contributed by atoms with van der Waals surface area (Å²) >= 11 is 6.15. The van der Waals surface area contributed by atoms with Gasteiger partial charge in [0.05, 0.1) is 10.7 Å². The van der Waals surface area contributed by atoms with E-state index < -0.39 is 0 Å². The van der Waals surface area contributed by atoms with Crippen LogP contribution in [0.15, 0.2) is 48.5 Å². The first-order chi connectivity index (χ1) is 10.7. The largest absolute Gasteiger partial charge is 0.486 e. The number of halogens is 1. The van der Waals surface area contributed by atoms with Crippen LogP contribution >= 0.6 is 11.6 Å². The van der Waals surface area contributed by atoms with Crippen LogP contribution in [0.25, 0.3) is 6.08 Å². The molecule has 0 spiro atoms. The topological polar surface area (TPSA) is 47.6 Å². The predicted molar refractivity (Wildman–Crippen MR) is 86.5 cm³/mol. The van der Waals surface area contributed by atoms with Crippen molar-refractivity contribution in [2.75, 3.05) is 18.5 Å². The number of fused-ring (bicyclic) bond motifs is 1. The second kappa shape index (κ2) is 6.54. The summed E-state index contributed by atoms with van der Waals surface area (Å²) < 4.78 is 10.9. The molecule has 5 heteroatoms. The number of carbonyl (C=O) groups excluding carboxylic acids is 1. The minimum atomic E-state index is -0.262. The normalized spacial score (nSPS) is 13.1. The summed E-state index contributed by atoms with van der Waals surface area (Å²) in [6.07, 6.45) is 3.20. The molecule has 0 radical (unpaired) electrons. The number of hydrogen-bond donors (Lipinski definition) is 1. The molecule has 112 valence electrons. The van der Waals surface area contributed by atoms with Crippen LogP contribution in [-0.4, -0.2) is 19.1 Å². The third-order valence-electron chi connectivity index (χ3n) is 3.12. The number of hydrogen-bond acceptors (Lipinski definition) is 3. The van der Waals surface area contributed by atoms with Crippen LogP contribution in [0.1, 0.15) is 5.56 Å². The van der Waals surface area contributed by atoms with Crippen molar-refractivity contribution in [3.63, 3.8) is 0 Å². The van der Waals surface area contributed by atoms with Crippen molar-refractivity contribution >= 4 is 29.3 Å². The molecule has 3 rings (SSSR count). The lowest BCUT2D eigenvalue weighted by atomic mass is 10.2. The fraction of sp³-hybridized carbons (Fsp3) is 0.118. The summed E-state index contributed by atoms with van der Waals surface area (Å²) in [5.74, 6) is 0.912. The maximum Gasteiger partial charge on any atom is 0.248 e. The van der Waals surface area contributed by atoms with Crippen LogP contribution in [0.2, 0.25) is 5.02 Å². The van der Waals surface area contributed by atoms with Gasteiger partial charge in [0.25, 0.3) is 0 Å². The number of carbonyl (C=O) groups is 1. The zero-order chi connectivity index (χ0) is 15.4. The summed E-state index contributed by atoms with van der Waals surface area (Å²) in [5.41, 5.74) is 1.44. The van der Waals surface area contributed by atoms with E-state index in [1.54, 1.807) is 18.2 Å². The maximum absolute atomic E-state index is 12.0. The molecule has 0 saturated heterocycles. The van der Waals surface area contributed by atoms with Gasteiger partial charge in [0.15, 0.2) is 11.5 Å². The van der Waals surface area contributed by atoms with Gasteiger partial charge in [-0.05, 0) is 11.6 Å². The Balaban J connectivity index is 1.73. The molecular weight excluding hydrogens is 302 g/mol. The first-order valence-electron chi connectivity index (χ1n) is 6.85. The highest BCUT2D eigenvalue weighted by Crippen LogP contribution is 2.37. The molecule has 22 heavy (non-hydrogen) atoms. The van der Waals surface area contributed by atoms with E-state index in [1.807, 2.05) is 30.3 Å². The Kier molecular flexibility index (Phi) is 4.30. The van der Waals surface area contributed by atoms with Gasteiger partial charge in [0, 0.05) is 18.2 Å². The number of nitrogens with one attached hydrogen (secondary N) is 1. The summed E-state index contributed by atoms with van der Waals surface area (Å²) in [6.45, 7) is 0.977. The van der Waals surface area contributed by atoms with E-state index in [4.69, 9.17) is 21.1 Å². The highest BCUT2D eigenvalue weighted by Gasteiger charge is 2.15. The number of benzene rings is 2. The molecule has 1 amide bonds. The molecule has 0 fully saturated rings. The van der Waals surface area contributed by atoms with E-state index >= 15 is 0 Å². The van der Waals surface area contributed by atoms with Gasteiger partial charge in [-0.3, -0.25) is 4.79 Å². The molecule has 0 aromatic heterocycles. The molecule has 2 aromatic rings. The monoisotopic (exact) mass is 315 g/mol. The van der Waals surface area contributed by atoms with Crippen molar-refractivity contribution in [1.29, 1.82) is 0 Å². The predicted octanol–water partition coefficient (Wildman–Crippen LogP) is 3.76. The zero-order valence-corrected chi connectivity index (χ0v) is 12.5. The Bertz CT molecular complexity index is 713. The van der Waals surface area contributed by atoms with Crippen LogP contribution in [0.4, 0.5) is 5.69 Å². The molecule has 0 unspecified atom stereocenters. The maximum atomic E-state index is 12.0. The molecule has 1 aliphatic heterocycles. The lowest BCUT2D eigenvalue weighted by molar-refractivity contribution is -0.111. The lowest BCUT2D eigenvalue weighted by Crippen LogP contribution is -2.16. The van der Waals surface area contributed by atoms with Gasteiger partial charge in [0.2, 0.25) is 5.91 Å². The van der Waals surface area contributed by atoms with Crippen LogP contribution in [0.3, 0.4) is 0 Å². The Morgan fingerprint density at radius 3 is 2.50 bits per heavy atom. The fourth-order valence-corrected chi connectivity index (χ4v) is 2.27. The molecular formula is C17H14ClNO3.